The molecule has 234 valence electrons. The van der Waals surface area contributed by atoms with Crippen molar-refractivity contribution in [3.8, 4) is 22.6 Å². The first-order valence-electron chi connectivity index (χ1n) is 15.0. The minimum Gasteiger partial charge on any atom is -0.445 e. The second-order valence-electron chi connectivity index (χ2n) is 10.7. The minimum atomic E-state index is -0.697. The minimum absolute atomic E-state index is 0.0298. The first-order valence-corrected chi connectivity index (χ1v) is 16.0. The van der Waals surface area contributed by atoms with Crippen LogP contribution in [0.2, 0.25) is 0 Å². The van der Waals surface area contributed by atoms with Gasteiger partial charge in [-0.1, -0.05) is 121 Å². The van der Waals surface area contributed by atoms with E-state index in [1.165, 1.54) is 17.8 Å². The van der Waals surface area contributed by atoms with Gasteiger partial charge in [-0.05, 0) is 23.3 Å². The lowest BCUT2D eigenvalue weighted by molar-refractivity contribution is -0.245. The van der Waals surface area contributed by atoms with Gasteiger partial charge in [0.2, 0.25) is 0 Å². The van der Waals surface area contributed by atoms with E-state index in [0.29, 0.717) is 23.1 Å². The molecule has 1 aliphatic rings. The molecule has 9 heteroatoms. The Kier molecular flexibility index (Phi) is 10.3. The lowest BCUT2D eigenvalue weighted by Gasteiger charge is -2.36. The molecule has 46 heavy (non-hydrogen) atoms. The van der Waals surface area contributed by atoms with Crippen molar-refractivity contribution >= 4 is 23.5 Å². The number of amides is 1. The molecule has 0 unspecified atom stereocenters. The van der Waals surface area contributed by atoms with Gasteiger partial charge in [0.1, 0.15) is 12.3 Å². The van der Waals surface area contributed by atoms with Gasteiger partial charge in [0.25, 0.3) is 5.22 Å². The molecule has 5 aromatic rings. The van der Waals surface area contributed by atoms with Gasteiger partial charge in [-0.25, -0.2) is 9.78 Å². The molecule has 8 nitrogen and oxygen atoms in total. The number of ether oxygens (including phenoxy) is 3. The van der Waals surface area contributed by atoms with Gasteiger partial charge in [-0.2, -0.15) is 0 Å². The van der Waals surface area contributed by atoms with Crippen LogP contribution >= 0.6 is 11.8 Å². The summed E-state index contributed by atoms with van der Waals surface area (Å²) in [5.41, 5.74) is 5.84. The second-order valence-corrected chi connectivity index (χ2v) is 11.7. The van der Waals surface area contributed by atoms with Crippen LogP contribution in [-0.2, 0) is 20.8 Å². The maximum absolute atomic E-state index is 12.1. The molecule has 4 aromatic carbocycles. The van der Waals surface area contributed by atoms with Gasteiger partial charge >= 0.3 is 6.09 Å². The third-order valence-electron chi connectivity index (χ3n) is 7.44. The SMILES string of the molecule is C=CCOC(=O)Nc1cccc([C@H]2O[C@@H](CSc3nc(-c4ccccc4)c(-c4ccccc4)o3)C[C@@H](c3ccc(CO)cc3)O2)c1. The van der Waals surface area contributed by atoms with Crippen molar-refractivity contribution in [3.05, 3.63) is 139 Å². The number of rotatable bonds is 11. The van der Waals surface area contributed by atoms with Crippen LogP contribution in [0, 0.1) is 0 Å². The van der Waals surface area contributed by atoms with E-state index in [1.54, 1.807) is 6.07 Å². The number of carbonyl (C=O) groups is 1. The van der Waals surface area contributed by atoms with Crippen LogP contribution in [0.5, 0.6) is 0 Å². The maximum atomic E-state index is 12.1. The Balaban J connectivity index is 1.24. The van der Waals surface area contributed by atoms with Crippen molar-refractivity contribution in [1.29, 1.82) is 0 Å². The first kappa shape index (κ1) is 31.3. The van der Waals surface area contributed by atoms with Crippen molar-refractivity contribution in [2.75, 3.05) is 17.7 Å². The number of nitrogens with zero attached hydrogens (tertiary/aromatic N) is 1. The van der Waals surface area contributed by atoms with Crippen molar-refractivity contribution < 1.29 is 28.5 Å². The van der Waals surface area contributed by atoms with Gasteiger partial charge in [0, 0.05) is 34.6 Å². The number of hydrogen-bond donors (Lipinski definition) is 2. The third kappa shape index (κ3) is 7.75. The molecule has 3 atom stereocenters. The number of aromatic nitrogens is 1. The fraction of sp³-hybridized carbons (Fsp3) is 0.189. The van der Waals surface area contributed by atoms with Crippen LogP contribution < -0.4 is 5.32 Å². The zero-order valence-corrected chi connectivity index (χ0v) is 25.9. The Bertz CT molecular complexity index is 1690. The normalized spacial score (nSPS) is 17.7. The molecule has 1 aliphatic heterocycles. The Morgan fingerprint density at radius 2 is 1.67 bits per heavy atom. The van der Waals surface area contributed by atoms with Crippen LogP contribution in [0.3, 0.4) is 0 Å². The Labute approximate surface area is 272 Å². The van der Waals surface area contributed by atoms with Gasteiger partial charge in [-0.3, -0.25) is 5.32 Å². The van der Waals surface area contributed by atoms with E-state index in [9.17, 15) is 9.90 Å². The smallest absolute Gasteiger partial charge is 0.411 e. The molecule has 1 fully saturated rings. The molecular formula is C37H34N2O6S. The summed E-state index contributed by atoms with van der Waals surface area (Å²) in [7, 11) is 0. The predicted octanol–water partition coefficient (Wildman–Crippen LogP) is 8.57. The standard InChI is InChI=1S/C37H34N2O6S/c1-2-20-42-36(41)38-30-15-9-14-29(21-30)35-43-31(22-32(44-35)26-18-16-25(23-40)17-19-26)24-46-37-39-33(27-10-5-3-6-11-27)34(45-37)28-12-7-4-8-13-28/h2-19,21,31-32,35,40H,1,20,22-24H2,(H,38,41)/t31-,32+,35+/m1/s1. The molecule has 1 amide bonds. The molecule has 2 heterocycles. The van der Waals surface area contributed by atoms with E-state index in [4.69, 9.17) is 23.6 Å². The molecule has 0 radical (unpaired) electrons. The van der Waals surface area contributed by atoms with Crippen LogP contribution in [0.4, 0.5) is 10.5 Å². The predicted molar refractivity (Wildman–Crippen MR) is 178 cm³/mol. The highest BCUT2D eigenvalue weighted by molar-refractivity contribution is 7.99. The molecule has 1 saturated heterocycles. The van der Waals surface area contributed by atoms with Gasteiger partial charge in [-0.15, -0.1) is 0 Å². The fourth-order valence-corrected chi connectivity index (χ4v) is 6.02. The number of nitrogens with one attached hydrogen (secondary N) is 1. The third-order valence-corrected chi connectivity index (χ3v) is 8.40. The zero-order chi connectivity index (χ0) is 31.7. The van der Waals surface area contributed by atoms with Crippen LogP contribution in [0.1, 0.15) is 35.5 Å². The average Bonchev–Trinajstić information content (AvgIpc) is 3.55. The number of aliphatic hydroxyl groups excluding tert-OH is 1. The monoisotopic (exact) mass is 634 g/mol. The van der Waals surface area contributed by atoms with Crippen LogP contribution in [0.15, 0.2) is 131 Å². The lowest BCUT2D eigenvalue weighted by atomic mass is 10.0. The van der Waals surface area contributed by atoms with E-state index in [1.807, 2.05) is 103 Å². The number of benzene rings is 4. The Morgan fingerprint density at radius 3 is 2.39 bits per heavy atom. The van der Waals surface area contributed by atoms with E-state index < -0.39 is 12.4 Å². The molecule has 2 N–H and O–H groups in total. The summed E-state index contributed by atoms with van der Waals surface area (Å²) in [6.45, 7) is 3.65. The van der Waals surface area contributed by atoms with Crippen molar-refractivity contribution in [2.24, 2.45) is 0 Å². The largest absolute Gasteiger partial charge is 0.445 e. The number of anilines is 1. The number of thioether (sulfide) groups is 1. The van der Waals surface area contributed by atoms with Crippen molar-refractivity contribution in [1.82, 2.24) is 4.98 Å². The van der Waals surface area contributed by atoms with Crippen molar-refractivity contribution in [2.45, 2.75) is 36.7 Å². The highest BCUT2D eigenvalue weighted by atomic mass is 32.2. The number of carbonyl (C=O) groups excluding carboxylic acids is 1. The van der Waals surface area contributed by atoms with Gasteiger partial charge < -0.3 is 23.7 Å². The van der Waals surface area contributed by atoms with Crippen LogP contribution in [0.25, 0.3) is 22.6 Å². The van der Waals surface area contributed by atoms with E-state index in [2.05, 4.69) is 11.9 Å². The van der Waals surface area contributed by atoms with E-state index in [0.717, 1.165) is 39.3 Å². The fourth-order valence-electron chi connectivity index (χ4n) is 5.18. The molecule has 0 saturated carbocycles. The average molecular weight is 635 g/mol. The number of aliphatic hydroxyl groups is 1. The summed E-state index contributed by atoms with van der Waals surface area (Å²) in [6, 6.07) is 35.1. The first-order chi connectivity index (χ1) is 22.6. The molecule has 0 bridgehead atoms. The van der Waals surface area contributed by atoms with Gasteiger partial charge in [0.15, 0.2) is 12.1 Å². The molecule has 0 spiro atoms. The molecule has 1 aromatic heterocycles. The van der Waals surface area contributed by atoms with E-state index >= 15 is 0 Å². The molecular weight excluding hydrogens is 600 g/mol. The maximum Gasteiger partial charge on any atom is 0.411 e. The summed E-state index contributed by atoms with van der Waals surface area (Å²) >= 11 is 1.50. The summed E-state index contributed by atoms with van der Waals surface area (Å²) in [5, 5.41) is 12.8. The lowest BCUT2D eigenvalue weighted by Crippen LogP contribution is -2.31. The van der Waals surface area contributed by atoms with Crippen LogP contribution in [-0.4, -0.2) is 34.6 Å². The second kappa shape index (κ2) is 15.1. The summed E-state index contributed by atoms with van der Waals surface area (Å²) in [6.07, 6.45) is 0.356. The summed E-state index contributed by atoms with van der Waals surface area (Å²) < 4.78 is 24.4. The quantitative estimate of drug-likeness (QED) is 0.110. The highest BCUT2D eigenvalue weighted by Gasteiger charge is 2.33. The number of oxazole rings is 1. The molecule has 6 rings (SSSR count). The topological polar surface area (TPSA) is 103 Å². The Morgan fingerprint density at radius 1 is 0.935 bits per heavy atom. The molecule has 0 aliphatic carbocycles. The number of hydrogen-bond acceptors (Lipinski definition) is 8. The Hall–Kier alpha value is -4.67. The zero-order valence-electron chi connectivity index (χ0n) is 25.1. The van der Waals surface area contributed by atoms with Crippen molar-refractivity contribution in [3.63, 3.8) is 0 Å². The summed E-state index contributed by atoms with van der Waals surface area (Å²) in [4.78, 5) is 17.1. The van der Waals surface area contributed by atoms with Gasteiger partial charge in [0.05, 0.1) is 18.8 Å². The van der Waals surface area contributed by atoms with E-state index in [-0.39, 0.29) is 25.4 Å². The highest BCUT2D eigenvalue weighted by Crippen LogP contribution is 2.41. The summed E-state index contributed by atoms with van der Waals surface area (Å²) in [5.74, 6) is 1.29.